The number of nitrogens with one attached hydrogen (secondary N) is 1. The first-order valence-electron chi connectivity index (χ1n) is 9.27. The van der Waals surface area contributed by atoms with Crippen LogP contribution in [0.25, 0.3) is 11.0 Å². The molecule has 4 rings (SSSR count). The third-order valence-corrected chi connectivity index (χ3v) is 4.97. The van der Waals surface area contributed by atoms with Gasteiger partial charge in [0, 0.05) is 24.2 Å². The number of halogens is 3. The van der Waals surface area contributed by atoms with Crippen LogP contribution in [-0.4, -0.2) is 25.1 Å². The van der Waals surface area contributed by atoms with Crippen molar-refractivity contribution in [3.05, 3.63) is 65.9 Å². The van der Waals surface area contributed by atoms with E-state index in [1.54, 1.807) is 12.1 Å². The molecular weight excluding hydrogens is 385 g/mol. The summed E-state index contributed by atoms with van der Waals surface area (Å²) in [6, 6.07) is 14.1. The van der Waals surface area contributed by atoms with Crippen LogP contribution < -0.4 is 10.4 Å². The molecule has 3 aromatic rings. The minimum atomic E-state index is -4.34. The lowest BCUT2D eigenvalue weighted by Crippen LogP contribution is -2.40. The van der Waals surface area contributed by atoms with Crippen LogP contribution in [0.4, 0.5) is 18.9 Å². The second kappa shape index (κ2) is 7.79. The quantitative estimate of drug-likeness (QED) is 0.636. The van der Waals surface area contributed by atoms with Gasteiger partial charge in [-0.05, 0) is 49.2 Å². The number of carbonyl (C=O) groups excluding carboxylic acids is 1. The second-order valence-electron chi connectivity index (χ2n) is 6.93. The Morgan fingerprint density at radius 2 is 1.76 bits per heavy atom. The number of furan rings is 1. The molecule has 5 nitrogen and oxygen atoms in total. The zero-order valence-electron chi connectivity index (χ0n) is 15.4. The molecule has 2 heterocycles. The van der Waals surface area contributed by atoms with Gasteiger partial charge < -0.3 is 9.32 Å². The summed E-state index contributed by atoms with van der Waals surface area (Å²) < 4.78 is 43.5. The molecule has 1 saturated heterocycles. The van der Waals surface area contributed by atoms with Crippen LogP contribution in [0.3, 0.4) is 0 Å². The minimum Gasteiger partial charge on any atom is -0.451 e. The number of anilines is 1. The number of hydrogen-bond donors (Lipinski definition) is 1. The van der Waals surface area contributed by atoms with Gasteiger partial charge in [-0.1, -0.05) is 18.2 Å². The Kier molecular flexibility index (Phi) is 5.19. The van der Waals surface area contributed by atoms with Crippen molar-refractivity contribution in [3.63, 3.8) is 0 Å². The third kappa shape index (κ3) is 4.37. The number of fused-ring (bicyclic) bond motifs is 1. The molecule has 0 saturated carbocycles. The van der Waals surface area contributed by atoms with Gasteiger partial charge in [-0.2, -0.15) is 13.2 Å². The van der Waals surface area contributed by atoms with Gasteiger partial charge in [0.1, 0.15) is 5.58 Å². The molecule has 0 unspecified atom stereocenters. The summed E-state index contributed by atoms with van der Waals surface area (Å²) in [5.74, 6) is -0.278. The van der Waals surface area contributed by atoms with Gasteiger partial charge in [0.25, 0.3) is 0 Å². The van der Waals surface area contributed by atoms with Gasteiger partial charge >= 0.3 is 12.1 Å². The number of para-hydroxylation sites is 1. The molecule has 1 aliphatic rings. The molecule has 1 aromatic heterocycles. The molecule has 1 N–H and O–H groups in total. The van der Waals surface area contributed by atoms with Crippen LogP contribution in [-0.2, 0) is 11.0 Å². The maximum atomic E-state index is 12.7. The predicted octanol–water partition coefficient (Wildman–Crippen LogP) is 4.78. The van der Waals surface area contributed by atoms with Gasteiger partial charge in [-0.15, -0.1) is 0 Å². The first kappa shape index (κ1) is 19.3. The van der Waals surface area contributed by atoms with Crippen LogP contribution >= 0.6 is 0 Å². The summed E-state index contributed by atoms with van der Waals surface area (Å²) in [4.78, 5) is 19.7. The van der Waals surface area contributed by atoms with E-state index in [1.807, 2.05) is 23.1 Å². The first-order chi connectivity index (χ1) is 13.9. The number of rotatable bonds is 4. The summed E-state index contributed by atoms with van der Waals surface area (Å²) in [7, 11) is 0. The molecular formula is C21H19F3N2O3. The SMILES string of the molecule is O=C(NOC1CCN(c2ccc(C(F)(F)F)cc2)CC1)c1cc2ccccc2o1. The van der Waals surface area contributed by atoms with Gasteiger partial charge in [0.05, 0.1) is 11.7 Å². The number of hydroxylamine groups is 1. The molecule has 29 heavy (non-hydrogen) atoms. The van der Waals surface area contributed by atoms with Crippen molar-refractivity contribution in [1.29, 1.82) is 0 Å². The van der Waals surface area contributed by atoms with E-state index < -0.39 is 17.6 Å². The lowest BCUT2D eigenvalue weighted by atomic mass is 10.1. The number of carbonyl (C=O) groups is 1. The maximum Gasteiger partial charge on any atom is 0.416 e. The van der Waals surface area contributed by atoms with Crippen molar-refractivity contribution in [1.82, 2.24) is 5.48 Å². The van der Waals surface area contributed by atoms with Crippen molar-refractivity contribution < 1.29 is 27.2 Å². The van der Waals surface area contributed by atoms with Crippen LogP contribution in [0.5, 0.6) is 0 Å². The predicted molar refractivity (Wildman–Crippen MR) is 101 cm³/mol. The van der Waals surface area contributed by atoms with Crippen molar-refractivity contribution >= 4 is 22.6 Å². The fraction of sp³-hybridized carbons (Fsp3) is 0.286. The highest BCUT2D eigenvalue weighted by Gasteiger charge is 2.30. The first-order valence-corrected chi connectivity index (χ1v) is 9.27. The van der Waals surface area contributed by atoms with E-state index in [9.17, 15) is 18.0 Å². The fourth-order valence-corrected chi connectivity index (χ4v) is 3.37. The minimum absolute atomic E-state index is 0.172. The van der Waals surface area contributed by atoms with Crippen LogP contribution in [0, 0.1) is 0 Å². The normalized spacial score (nSPS) is 15.6. The molecule has 8 heteroatoms. The number of benzene rings is 2. The van der Waals surface area contributed by atoms with Crippen molar-refractivity contribution in [2.24, 2.45) is 0 Å². The monoisotopic (exact) mass is 404 g/mol. The summed E-state index contributed by atoms with van der Waals surface area (Å²) in [6.07, 6.45) is -3.23. The molecule has 0 spiro atoms. The van der Waals surface area contributed by atoms with E-state index in [0.717, 1.165) is 23.2 Å². The maximum absolute atomic E-state index is 12.7. The fourth-order valence-electron chi connectivity index (χ4n) is 3.37. The van der Waals surface area contributed by atoms with Gasteiger partial charge in [0.15, 0.2) is 5.76 Å². The number of alkyl halides is 3. The topological polar surface area (TPSA) is 54.7 Å². The Balaban J connectivity index is 1.28. The highest BCUT2D eigenvalue weighted by atomic mass is 19.4. The van der Waals surface area contributed by atoms with E-state index in [2.05, 4.69) is 5.48 Å². The van der Waals surface area contributed by atoms with Crippen LogP contribution in [0.15, 0.2) is 59.0 Å². The number of amides is 1. The van der Waals surface area contributed by atoms with Gasteiger partial charge in [0.2, 0.25) is 0 Å². The van der Waals surface area contributed by atoms with E-state index in [4.69, 9.17) is 9.25 Å². The largest absolute Gasteiger partial charge is 0.451 e. The summed E-state index contributed by atoms with van der Waals surface area (Å²) in [5, 5.41) is 0.836. The molecule has 0 bridgehead atoms. The molecule has 0 aliphatic carbocycles. The molecule has 2 aromatic carbocycles. The van der Waals surface area contributed by atoms with E-state index in [1.165, 1.54) is 12.1 Å². The smallest absolute Gasteiger partial charge is 0.416 e. The van der Waals surface area contributed by atoms with E-state index >= 15 is 0 Å². The number of piperidine rings is 1. The Hall–Kier alpha value is -3.00. The van der Waals surface area contributed by atoms with Crippen LogP contribution in [0.1, 0.15) is 29.0 Å². The molecule has 0 radical (unpaired) electrons. The Morgan fingerprint density at radius 1 is 1.07 bits per heavy atom. The molecule has 1 amide bonds. The van der Waals surface area contributed by atoms with Gasteiger partial charge in [-0.3, -0.25) is 9.63 Å². The van der Waals surface area contributed by atoms with Crippen molar-refractivity contribution in [2.75, 3.05) is 18.0 Å². The molecule has 1 fully saturated rings. The highest BCUT2D eigenvalue weighted by Crippen LogP contribution is 2.31. The van der Waals surface area contributed by atoms with Gasteiger partial charge in [-0.25, -0.2) is 5.48 Å². The average molecular weight is 404 g/mol. The lowest BCUT2D eigenvalue weighted by Gasteiger charge is -2.33. The Bertz CT molecular complexity index is 957. The molecule has 152 valence electrons. The van der Waals surface area contributed by atoms with E-state index in [0.29, 0.717) is 31.5 Å². The van der Waals surface area contributed by atoms with Crippen molar-refractivity contribution in [2.45, 2.75) is 25.1 Å². The summed E-state index contributed by atoms with van der Waals surface area (Å²) >= 11 is 0. The summed E-state index contributed by atoms with van der Waals surface area (Å²) in [6.45, 7) is 1.24. The second-order valence-corrected chi connectivity index (χ2v) is 6.93. The molecule has 0 atom stereocenters. The average Bonchev–Trinajstić information content (AvgIpc) is 3.16. The third-order valence-electron chi connectivity index (χ3n) is 4.97. The van der Waals surface area contributed by atoms with E-state index in [-0.39, 0.29) is 11.9 Å². The van der Waals surface area contributed by atoms with Crippen LogP contribution in [0.2, 0.25) is 0 Å². The lowest BCUT2D eigenvalue weighted by molar-refractivity contribution is -0.137. The van der Waals surface area contributed by atoms with Crippen molar-refractivity contribution in [3.8, 4) is 0 Å². The Morgan fingerprint density at radius 3 is 2.41 bits per heavy atom. The number of nitrogens with zero attached hydrogens (tertiary/aromatic N) is 1. The zero-order valence-corrected chi connectivity index (χ0v) is 15.4. The summed E-state index contributed by atoms with van der Waals surface area (Å²) in [5.41, 5.74) is 3.14. The number of hydrogen-bond acceptors (Lipinski definition) is 4. The standard InChI is InChI=1S/C21H19F3N2O3/c22-21(23,24)15-5-7-16(8-6-15)26-11-9-17(10-12-26)29-25-20(27)19-13-14-3-1-2-4-18(14)28-19/h1-8,13,17H,9-12H2,(H,25,27). The molecule has 1 aliphatic heterocycles. The Labute approximate surface area is 165 Å². The highest BCUT2D eigenvalue weighted by molar-refractivity contribution is 5.95. The zero-order chi connectivity index (χ0) is 20.4.